The SMILES string of the molecule is COCC(N)C(=O)NC(C)(C)c1ccc(Cl)c(Cl)c1.Cl. The molecule has 0 saturated carbocycles. The van der Waals surface area contributed by atoms with Gasteiger partial charge >= 0.3 is 0 Å². The first-order valence-corrected chi connectivity index (χ1v) is 6.55. The predicted molar refractivity (Wildman–Crippen MR) is 84.7 cm³/mol. The van der Waals surface area contributed by atoms with Crippen molar-refractivity contribution in [3.8, 4) is 0 Å². The molecule has 4 nitrogen and oxygen atoms in total. The van der Waals surface area contributed by atoms with E-state index in [4.69, 9.17) is 33.7 Å². The van der Waals surface area contributed by atoms with Crippen molar-refractivity contribution in [3.05, 3.63) is 33.8 Å². The van der Waals surface area contributed by atoms with E-state index in [0.717, 1.165) is 5.56 Å². The topological polar surface area (TPSA) is 64.3 Å². The molecule has 3 N–H and O–H groups in total. The number of benzene rings is 1. The molecular weight excluding hydrogens is 323 g/mol. The minimum absolute atomic E-state index is 0. The molecule has 0 fully saturated rings. The molecule has 1 aromatic rings. The Morgan fingerprint density at radius 2 is 2.00 bits per heavy atom. The largest absolute Gasteiger partial charge is 0.383 e. The Morgan fingerprint density at radius 1 is 1.40 bits per heavy atom. The van der Waals surface area contributed by atoms with Crippen LogP contribution in [0.15, 0.2) is 18.2 Å². The van der Waals surface area contributed by atoms with Gasteiger partial charge in [-0.25, -0.2) is 0 Å². The highest BCUT2D eigenvalue weighted by Gasteiger charge is 2.26. The van der Waals surface area contributed by atoms with Crippen LogP contribution in [0, 0.1) is 0 Å². The van der Waals surface area contributed by atoms with Crippen LogP contribution in [0.2, 0.25) is 10.0 Å². The maximum absolute atomic E-state index is 11.9. The average Bonchev–Trinajstić information content (AvgIpc) is 2.32. The van der Waals surface area contributed by atoms with Crippen LogP contribution < -0.4 is 11.1 Å². The second-order valence-electron chi connectivity index (χ2n) is 4.80. The molecule has 1 unspecified atom stereocenters. The number of amides is 1. The van der Waals surface area contributed by atoms with Gasteiger partial charge < -0.3 is 15.8 Å². The Morgan fingerprint density at radius 3 is 2.50 bits per heavy atom. The van der Waals surface area contributed by atoms with Crippen molar-refractivity contribution < 1.29 is 9.53 Å². The van der Waals surface area contributed by atoms with E-state index in [9.17, 15) is 4.79 Å². The first-order valence-electron chi connectivity index (χ1n) is 5.80. The third-order valence-corrected chi connectivity index (χ3v) is 3.50. The summed E-state index contributed by atoms with van der Waals surface area (Å²) >= 11 is 11.9. The number of halogens is 3. The molecule has 0 bridgehead atoms. The van der Waals surface area contributed by atoms with Crippen molar-refractivity contribution in [2.45, 2.75) is 25.4 Å². The average molecular weight is 342 g/mol. The molecule has 0 spiro atoms. The molecule has 0 aliphatic carbocycles. The molecule has 20 heavy (non-hydrogen) atoms. The van der Waals surface area contributed by atoms with Crippen LogP contribution in [0.4, 0.5) is 0 Å². The van der Waals surface area contributed by atoms with Crippen LogP contribution in [0.5, 0.6) is 0 Å². The van der Waals surface area contributed by atoms with Crippen LogP contribution >= 0.6 is 35.6 Å². The minimum atomic E-state index is -0.702. The van der Waals surface area contributed by atoms with Crippen molar-refractivity contribution >= 4 is 41.5 Å². The fraction of sp³-hybridized carbons (Fsp3) is 0.462. The molecule has 1 atom stereocenters. The van der Waals surface area contributed by atoms with Crippen LogP contribution in [-0.2, 0) is 15.1 Å². The number of nitrogens with one attached hydrogen (secondary N) is 1. The summed E-state index contributed by atoms with van der Waals surface area (Å²) in [7, 11) is 1.50. The van der Waals surface area contributed by atoms with Crippen LogP contribution in [0.3, 0.4) is 0 Å². The van der Waals surface area contributed by atoms with E-state index in [0.29, 0.717) is 10.0 Å². The number of hydrogen-bond donors (Lipinski definition) is 2. The summed E-state index contributed by atoms with van der Waals surface area (Å²) in [5.41, 5.74) is 5.93. The maximum atomic E-state index is 11.9. The minimum Gasteiger partial charge on any atom is -0.383 e. The number of carbonyl (C=O) groups is 1. The third-order valence-electron chi connectivity index (χ3n) is 2.76. The lowest BCUT2D eigenvalue weighted by molar-refractivity contribution is -0.125. The number of rotatable bonds is 5. The Bertz CT molecular complexity index is 467. The van der Waals surface area contributed by atoms with Gasteiger partial charge in [-0.1, -0.05) is 29.3 Å². The van der Waals surface area contributed by atoms with Crippen molar-refractivity contribution in [2.24, 2.45) is 5.73 Å². The maximum Gasteiger partial charge on any atom is 0.239 e. The molecule has 0 aliphatic rings. The second-order valence-corrected chi connectivity index (χ2v) is 5.62. The number of methoxy groups -OCH3 is 1. The first-order chi connectivity index (χ1) is 8.77. The standard InChI is InChI=1S/C13H18Cl2N2O2.ClH/c1-13(2,17-12(18)11(16)7-19-3)8-4-5-9(14)10(15)6-8;/h4-6,11H,7,16H2,1-3H3,(H,17,18);1H. The molecule has 0 saturated heterocycles. The molecule has 114 valence electrons. The Balaban J connectivity index is 0.00000361. The fourth-order valence-corrected chi connectivity index (χ4v) is 1.91. The summed E-state index contributed by atoms with van der Waals surface area (Å²) in [6.45, 7) is 3.90. The van der Waals surface area contributed by atoms with Crippen LogP contribution in [0.25, 0.3) is 0 Å². The van der Waals surface area contributed by atoms with E-state index >= 15 is 0 Å². The van der Waals surface area contributed by atoms with Gasteiger partial charge in [0.2, 0.25) is 5.91 Å². The number of ether oxygens (including phenoxy) is 1. The molecule has 7 heteroatoms. The van der Waals surface area contributed by atoms with E-state index in [-0.39, 0.29) is 24.9 Å². The quantitative estimate of drug-likeness (QED) is 0.865. The van der Waals surface area contributed by atoms with E-state index in [1.165, 1.54) is 7.11 Å². The van der Waals surface area contributed by atoms with Crippen LogP contribution in [-0.4, -0.2) is 25.7 Å². The zero-order chi connectivity index (χ0) is 14.6. The summed E-state index contributed by atoms with van der Waals surface area (Å²) in [5.74, 6) is -0.280. The molecule has 0 heterocycles. The van der Waals surface area contributed by atoms with Gasteiger partial charge in [-0.05, 0) is 31.5 Å². The fourth-order valence-electron chi connectivity index (χ4n) is 1.61. The van der Waals surface area contributed by atoms with Gasteiger partial charge in [0, 0.05) is 7.11 Å². The monoisotopic (exact) mass is 340 g/mol. The zero-order valence-corrected chi connectivity index (χ0v) is 13.9. The highest BCUT2D eigenvalue weighted by Crippen LogP contribution is 2.28. The number of carbonyl (C=O) groups excluding carboxylic acids is 1. The van der Waals surface area contributed by atoms with Crippen LogP contribution in [0.1, 0.15) is 19.4 Å². The lowest BCUT2D eigenvalue weighted by Gasteiger charge is -2.28. The Hall–Kier alpha value is -0.520. The third kappa shape index (κ3) is 5.11. The zero-order valence-electron chi connectivity index (χ0n) is 11.6. The first kappa shape index (κ1) is 19.5. The summed E-state index contributed by atoms with van der Waals surface area (Å²) in [6, 6.07) is 4.54. The highest BCUT2D eigenvalue weighted by molar-refractivity contribution is 6.42. The Labute approximate surface area is 135 Å². The van der Waals surface area contributed by atoms with E-state index in [1.54, 1.807) is 12.1 Å². The molecule has 0 aliphatic heterocycles. The molecule has 0 aromatic heterocycles. The van der Waals surface area contributed by atoms with E-state index in [1.807, 2.05) is 19.9 Å². The van der Waals surface area contributed by atoms with E-state index in [2.05, 4.69) is 5.32 Å². The number of hydrogen-bond acceptors (Lipinski definition) is 3. The summed E-state index contributed by atoms with van der Waals surface area (Å²) < 4.78 is 4.86. The molecule has 1 rings (SSSR count). The van der Waals surface area contributed by atoms with Gasteiger partial charge in [-0.3, -0.25) is 4.79 Å². The highest BCUT2D eigenvalue weighted by atomic mass is 35.5. The lowest BCUT2D eigenvalue weighted by Crippen LogP contribution is -2.50. The summed E-state index contributed by atoms with van der Waals surface area (Å²) in [6.07, 6.45) is 0. The normalized spacial score (nSPS) is 12.5. The number of nitrogens with two attached hydrogens (primary N) is 1. The van der Waals surface area contributed by atoms with Gasteiger partial charge in [0.05, 0.1) is 22.2 Å². The van der Waals surface area contributed by atoms with Gasteiger partial charge in [0.15, 0.2) is 0 Å². The van der Waals surface area contributed by atoms with Crippen molar-refractivity contribution in [1.82, 2.24) is 5.32 Å². The van der Waals surface area contributed by atoms with Gasteiger partial charge in [0.1, 0.15) is 6.04 Å². The van der Waals surface area contributed by atoms with Gasteiger partial charge in [-0.2, -0.15) is 0 Å². The van der Waals surface area contributed by atoms with Crippen molar-refractivity contribution in [1.29, 1.82) is 0 Å². The predicted octanol–water partition coefficient (Wildman–Crippen LogP) is 2.74. The summed E-state index contributed by atoms with van der Waals surface area (Å²) in [4.78, 5) is 11.9. The van der Waals surface area contributed by atoms with Gasteiger partial charge in [-0.15, -0.1) is 12.4 Å². The summed E-state index contributed by atoms with van der Waals surface area (Å²) in [5, 5.41) is 3.78. The van der Waals surface area contributed by atoms with Gasteiger partial charge in [0.25, 0.3) is 0 Å². The Kier molecular flexibility index (Phi) is 7.84. The molecular formula is C13H19Cl3N2O2. The second kappa shape index (κ2) is 8.05. The lowest BCUT2D eigenvalue weighted by atomic mass is 9.94. The van der Waals surface area contributed by atoms with Crippen molar-refractivity contribution in [3.63, 3.8) is 0 Å². The molecule has 1 amide bonds. The van der Waals surface area contributed by atoms with Crippen molar-refractivity contribution in [2.75, 3.05) is 13.7 Å². The smallest absolute Gasteiger partial charge is 0.239 e. The van der Waals surface area contributed by atoms with E-state index < -0.39 is 11.6 Å². The molecule has 0 radical (unpaired) electrons. The molecule has 1 aromatic carbocycles.